The van der Waals surface area contributed by atoms with E-state index >= 15 is 0 Å². The van der Waals surface area contributed by atoms with E-state index in [0.717, 1.165) is 0 Å². The summed E-state index contributed by atoms with van der Waals surface area (Å²) in [7, 11) is 0. The molecule has 108 valence electrons. The quantitative estimate of drug-likeness (QED) is 0.591. The van der Waals surface area contributed by atoms with Crippen molar-refractivity contribution in [3.63, 3.8) is 0 Å². The minimum Gasteiger partial charge on any atom is -0.355 e. The van der Waals surface area contributed by atoms with E-state index in [9.17, 15) is 0 Å². The molecule has 1 heteroatoms. The number of fused-ring (bicyclic) bond motifs is 2. The van der Waals surface area contributed by atoms with Gasteiger partial charge in [0.05, 0.1) is 0 Å². The highest BCUT2D eigenvalue weighted by molar-refractivity contribution is 5.88. The van der Waals surface area contributed by atoms with E-state index < -0.39 is 0 Å². The number of rotatable bonds is 2. The van der Waals surface area contributed by atoms with Crippen molar-refractivity contribution in [1.29, 1.82) is 0 Å². The smallest absolute Gasteiger partial charge is 0.0460 e. The van der Waals surface area contributed by atoms with Gasteiger partial charge in [-0.25, -0.2) is 0 Å². The Morgan fingerprint density at radius 2 is 1.29 bits per heavy atom. The van der Waals surface area contributed by atoms with Crippen LogP contribution in [0.2, 0.25) is 0 Å². The standard InChI is InChI=1S/C20H23N/c1-13(2)16-9-10-19-18(11-16)8-6-15-5-7-17(14(3)4)12-20(15)21-19/h5-14,21H,1-4H3. The Morgan fingerprint density at radius 3 is 2.00 bits per heavy atom. The average molecular weight is 277 g/mol. The van der Waals surface area contributed by atoms with E-state index in [1.807, 2.05) is 0 Å². The van der Waals surface area contributed by atoms with Crippen LogP contribution in [0.3, 0.4) is 0 Å². The van der Waals surface area contributed by atoms with Gasteiger partial charge in [0.15, 0.2) is 0 Å². The molecular weight excluding hydrogens is 254 g/mol. The summed E-state index contributed by atoms with van der Waals surface area (Å²) in [4.78, 5) is 0. The van der Waals surface area contributed by atoms with E-state index in [2.05, 4.69) is 81.6 Å². The fourth-order valence-corrected chi connectivity index (χ4v) is 2.70. The predicted octanol–water partition coefficient (Wildman–Crippen LogP) is 6.16. The first-order chi connectivity index (χ1) is 10.0. The van der Waals surface area contributed by atoms with Gasteiger partial charge in [-0.2, -0.15) is 0 Å². The van der Waals surface area contributed by atoms with E-state index in [-0.39, 0.29) is 0 Å². The van der Waals surface area contributed by atoms with Crippen LogP contribution in [-0.2, 0) is 0 Å². The molecule has 0 radical (unpaired) electrons. The molecule has 1 aliphatic heterocycles. The molecular formula is C20H23N. The molecule has 2 aromatic rings. The minimum atomic E-state index is 0.548. The third-order valence-corrected chi connectivity index (χ3v) is 4.20. The molecule has 0 bridgehead atoms. The van der Waals surface area contributed by atoms with Crippen molar-refractivity contribution in [2.75, 3.05) is 5.32 Å². The lowest BCUT2D eigenvalue weighted by molar-refractivity contribution is 0.866. The molecule has 1 heterocycles. The predicted molar refractivity (Wildman–Crippen MR) is 93.3 cm³/mol. The van der Waals surface area contributed by atoms with Crippen molar-refractivity contribution < 1.29 is 0 Å². The number of nitrogens with one attached hydrogen (secondary N) is 1. The first-order valence-electron chi connectivity index (χ1n) is 7.77. The minimum absolute atomic E-state index is 0.548. The summed E-state index contributed by atoms with van der Waals surface area (Å²) < 4.78 is 0. The van der Waals surface area contributed by atoms with Crippen molar-refractivity contribution in [3.8, 4) is 0 Å². The Morgan fingerprint density at radius 1 is 0.667 bits per heavy atom. The second-order valence-electron chi connectivity index (χ2n) is 6.46. The zero-order valence-corrected chi connectivity index (χ0v) is 13.3. The van der Waals surface area contributed by atoms with Gasteiger partial charge in [-0.3, -0.25) is 0 Å². The lowest BCUT2D eigenvalue weighted by Crippen LogP contribution is -1.97. The molecule has 2 aromatic carbocycles. The monoisotopic (exact) mass is 277 g/mol. The zero-order chi connectivity index (χ0) is 15.0. The largest absolute Gasteiger partial charge is 0.355 e. The Balaban J connectivity index is 2.04. The number of hydrogen-bond acceptors (Lipinski definition) is 1. The first-order valence-corrected chi connectivity index (χ1v) is 7.77. The fraction of sp³-hybridized carbons (Fsp3) is 0.300. The van der Waals surface area contributed by atoms with Gasteiger partial charge >= 0.3 is 0 Å². The molecule has 0 aromatic heterocycles. The van der Waals surface area contributed by atoms with Gasteiger partial charge in [-0.15, -0.1) is 0 Å². The molecule has 1 N–H and O–H groups in total. The topological polar surface area (TPSA) is 12.0 Å². The van der Waals surface area contributed by atoms with Crippen LogP contribution in [0.4, 0.5) is 11.4 Å². The van der Waals surface area contributed by atoms with Crippen molar-refractivity contribution in [2.45, 2.75) is 39.5 Å². The Hall–Kier alpha value is -2.02. The van der Waals surface area contributed by atoms with Crippen molar-refractivity contribution in [3.05, 3.63) is 58.7 Å². The average Bonchev–Trinajstić information content (AvgIpc) is 2.64. The van der Waals surface area contributed by atoms with Gasteiger partial charge < -0.3 is 5.32 Å². The summed E-state index contributed by atoms with van der Waals surface area (Å²) in [6.45, 7) is 8.94. The second kappa shape index (κ2) is 5.40. The molecule has 0 aliphatic carbocycles. The molecule has 0 spiro atoms. The summed E-state index contributed by atoms with van der Waals surface area (Å²) in [5.74, 6) is 1.11. The highest BCUT2D eigenvalue weighted by Gasteiger charge is 2.11. The van der Waals surface area contributed by atoms with Crippen LogP contribution in [0, 0.1) is 0 Å². The van der Waals surface area contributed by atoms with E-state index in [1.165, 1.54) is 33.6 Å². The van der Waals surface area contributed by atoms with Crippen LogP contribution in [0.1, 0.15) is 61.8 Å². The van der Waals surface area contributed by atoms with Crippen molar-refractivity contribution in [1.82, 2.24) is 0 Å². The maximum absolute atomic E-state index is 3.60. The maximum atomic E-state index is 3.60. The van der Waals surface area contributed by atoms with Crippen LogP contribution in [0.25, 0.3) is 12.2 Å². The Bertz CT molecular complexity index is 693. The summed E-state index contributed by atoms with van der Waals surface area (Å²) in [6.07, 6.45) is 4.43. The van der Waals surface area contributed by atoms with Gasteiger partial charge in [0, 0.05) is 11.4 Å². The van der Waals surface area contributed by atoms with E-state index in [1.54, 1.807) is 0 Å². The van der Waals surface area contributed by atoms with Gasteiger partial charge in [0.2, 0.25) is 0 Å². The first kappa shape index (κ1) is 13.9. The molecule has 0 saturated heterocycles. The Kier molecular flexibility index (Phi) is 3.59. The molecule has 0 amide bonds. The van der Waals surface area contributed by atoms with Crippen LogP contribution in [-0.4, -0.2) is 0 Å². The van der Waals surface area contributed by atoms with Crippen LogP contribution >= 0.6 is 0 Å². The summed E-state index contributed by atoms with van der Waals surface area (Å²) in [5.41, 5.74) is 7.67. The van der Waals surface area contributed by atoms with Gasteiger partial charge in [0.1, 0.15) is 0 Å². The van der Waals surface area contributed by atoms with Crippen molar-refractivity contribution in [2.24, 2.45) is 0 Å². The van der Waals surface area contributed by atoms with E-state index in [0.29, 0.717) is 11.8 Å². The molecule has 0 unspecified atom stereocenters. The molecule has 3 rings (SSSR count). The second-order valence-corrected chi connectivity index (χ2v) is 6.46. The number of anilines is 2. The molecule has 1 aliphatic rings. The fourth-order valence-electron chi connectivity index (χ4n) is 2.70. The lowest BCUT2D eigenvalue weighted by atomic mass is 9.99. The summed E-state index contributed by atoms with van der Waals surface area (Å²) >= 11 is 0. The molecule has 0 atom stereocenters. The Labute approximate surface area is 127 Å². The molecule has 0 fully saturated rings. The summed E-state index contributed by atoms with van der Waals surface area (Å²) in [5, 5.41) is 3.60. The van der Waals surface area contributed by atoms with Gasteiger partial charge in [0.25, 0.3) is 0 Å². The van der Waals surface area contributed by atoms with Crippen LogP contribution in [0.5, 0.6) is 0 Å². The highest BCUT2D eigenvalue weighted by Crippen LogP contribution is 2.33. The normalized spacial score (nSPS) is 12.9. The molecule has 0 saturated carbocycles. The lowest BCUT2D eigenvalue weighted by Gasteiger charge is -2.14. The molecule has 21 heavy (non-hydrogen) atoms. The number of hydrogen-bond donors (Lipinski definition) is 1. The van der Waals surface area contributed by atoms with Crippen molar-refractivity contribution >= 4 is 23.5 Å². The number of benzene rings is 2. The summed E-state index contributed by atoms with van der Waals surface area (Å²) in [6, 6.07) is 13.4. The maximum Gasteiger partial charge on any atom is 0.0460 e. The van der Waals surface area contributed by atoms with E-state index in [4.69, 9.17) is 0 Å². The molecule has 1 nitrogen and oxygen atoms in total. The van der Waals surface area contributed by atoms with Gasteiger partial charge in [-0.05, 0) is 52.3 Å². The van der Waals surface area contributed by atoms with Crippen LogP contribution < -0.4 is 5.32 Å². The highest BCUT2D eigenvalue weighted by atomic mass is 14.9. The van der Waals surface area contributed by atoms with Gasteiger partial charge in [-0.1, -0.05) is 58.0 Å². The van der Waals surface area contributed by atoms with Crippen LogP contribution in [0.15, 0.2) is 36.4 Å². The third kappa shape index (κ3) is 2.73. The zero-order valence-electron chi connectivity index (χ0n) is 13.3. The SMILES string of the molecule is CC(C)c1ccc2c(c1)C=Cc1ccc(C(C)C)cc1N2. The third-order valence-electron chi connectivity index (χ3n) is 4.20.